The molecule has 0 saturated heterocycles. The first kappa shape index (κ1) is 22.7. The van der Waals surface area contributed by atoms with Crippen LogP contribution in [0, 0.1) is 5.82 Å². The van der Waals surface area contributed by atoms with E-state index in [2.05, 4.69) is 5.32 Å². The van der Waals surface area contributed by atoms with Gasteiger partial charge in [-0.2, -0.15) is 0 Å². The highest BCUT2D eigenvalue weighted by Crippen LogP contribution is 2.32. The van der Waals surface area contributed by atoms with E-state index in [1.165, 1.54) is 32.4 Å². The monoisotopic (exact) mass is 398 g/mol. The van der Waals surface area contributed by atoms with Crippen LogP contribution in [0.4, 0.5) is 4.39 Å². The van der Waals surface area contributed by atoms with Crippen LogP contribution in [0.5, 0.6) is 11.5 Å². The van der Waals surface area contributed by atoms with Gasteiger partial charge in [0.25, 0.3) is 0 Å². The minimum Gasteiger partial charge on any atom is -0.497 e. The molecule has 0 saturated carbocycles. The molecule has 3 N–H and O–H groups in total. The molecule has 0 aliphatic rings. The quantitative estimate of drug-likeness (QED) is 0.713. The van der Waals surface area contributed by atoms with E-state index in [4.69, 9.17) is 19.9 Å². The fourth-order valence-electron chi connectivity index (χ4n) is 2.60. The predicted molar refractivity (Wildman–Crippen MR) is 103 cm³/mol. The summed E-state index contributed by atoms with van der Waals surface area (Å²) in [6.07, 6.45) is 0. The molecule has 0 aliphatic heterocycles. The van der Waals surface area contributed by atoms with Crippen molar-refractivity contribution in [3.63, 3.8) is 0 Å². The largest absolute Gasteiger partial charge is 0.497 e. The van der Waals surface area contributed by atoms with E-state index in [9.17, 15) is 9.18 Å². The number of carbonyl (C=O) groups excluding carboxylic acids is 1. The Bertz CT molecular complexity index is 760. The smallest absolute Gasteiger partial charge is 0.240 e. The topological polar surface area (TPSA) is 82.8 Å². The van der Waals surface area contributed by atoms with Gasteiger partial charge in [0, 0.05) is 12.7 Å². The average Bonchev–Trinajstić information content (AvgIpc) is 2.66. The predicted octanol–water partition coefficient (Wildman–Crippen LogP) is 2.44. The van der Waals surface area contributed by atoms with Gasteiger partial charge in [0.05, 0.1) is 26.9 Å². The number of rotatable bonds is 8. The summed E-state index contributed by atoms with van der Waals surface area (Å²) < 4.78 is 29.4. The van der Waals surface area contributed by atoms with Gasteiger partial charge in [-0.1, -0.05) is 12.1 Å². The van der Waals surface area contributed by atoms with Crippen LogP contribution in [-0.4, -0.2) is 39.9 Å². The van der Waals surface area contributed by atoms with Gasteiger partial charge in [0.2, 0.25) is 5.91 Å². The summed E-state index contributed by atoms with van der Waals surface area (Å²) in [5.74, 6) is 0.188. The fraction of sp³-hybridized carbons (Fsp3) is 0.316. The molecule has 27 heavy (non-hydrogen) atoms. The Labute approximate surface area is 164 Å². The molecule has 0 heterocycles. The van der Waals surface area contributed by atoms with Crippen molar-refractivity contribution in [2.24, 2.45) is 5.73 Å². The van der Waals surface area contributed by atoms with Gasteiger partial charge in [0.15, 0.2) is 0 Å². The number of nitrogens with two attached hydrogens (primary N) is 1. The number of amides is 1. The molecule has 0 radical (unpaired) electrons. The Morgan fingerprint density at radius 2 is 1.89 bits per heavy atom. The summed E-state index contributed by atoms with van der Waals surface area (Å²) in [4.78, 5) is 12.4. The Morgan fingerprint density at radius 3 is 2.52 bits per heavy atom. The minimum atomic E-state index is -0.854. The lowest BCUT2D eigenvalue weighted by atomic mass is 9.97. The first-order valence-electron chi connectivity index (χ1n) is 8.02. The first-order chi connectivity index (χ1) is 12.5. The lowest BCUT2D eigenvalue weighted by Crippen LogP contribution is -2.45. The number of methoxy groups -OCH3 is 3. The summed E-state index contributed by atoms with van der Waals surface area (Å²) in [7, 11) is 4.49. The van der Waals surface area contributed by atoms with E-state index in [0.29, 0.717) is 22.6 Å². The molecule has 0 spiro atoms. The molecular formula is C19H24ClFN2O4. The number of hydrogen-bond donors (Lipinski definition) is 2. The third kappa shape index (κ3) is 5.82. The Kier molecular flexibility index (Phi) is 9.00. The van der Waals surface area contributed by atoms with Crippen molar-refractivity contribution in [1.82, 2.24) is 5.32 Å². The second-order valence-corrected chi connectivity index (χ2v) is 5.67. The van der Waals surface area contributed by atoms with Gasteiger partial charge in [-0.25, -0.2) is 4.39 Å². The van der Waals surface area contributed by atoms with Crippen molar-refractivity contribution in [2.45, 2.75) is 12.1 Å². The van der Waals surface area contributed by atoms with Gasteiger partial charge >= 0.3 is 0 Å². The van der Waals surface area contributed by atoms with Crippen LogP contribution in [0.15, 0.2) is 42.5 Å². The van der Waals surface area contributed by atoms with Gasteiger partial charge in [0.1, 0.15) is 23.4 Å². The van der Waals surface area contributed by atoms with Gasteiger partial charge in [-0.15, -0.1) is 12.4 Å². The number of ether oxygens (including phenoxy) is 3. The lowest BCUT2D eigenvalue weighted by Gasteiger charge is -2.24. The average molecular weight is 399 g/mol. The fourth-order valence-corrected chi connectivity index (χ4v) is 2.60. The van der Waals surface area contributed by atoms with Crippen molar-refractivity contribution in [1.29, 1.82) is 0 Å². The van der Waals surface area contributed by atoms with Crippen LogP contribution in [-0.2, 0) is 9.53 Å². The zero-order valence-corrected chi connectivity index (χ0v) is 16.2. The van der Waals surface area contributed by atoms with Crippen LogP contribution >= 0.6 is 12.4 Å². The van der Waals surface area contributed by atoms with E-state index in [1.54, 1.807) is 31.4 Å². The highest BCUT2D eigenvalue weighted by Gasteiger charge is 2.24. The van der Waals surface area contributed by atoms with Gasteiger partial charge < -0.3 is 25.3 Å². The molecule has 0 aromatic heterocycles. The molecule has 2 atom stereocenters. The van der Waals surface area contributed by atoms with Crippen LogP contribution < -0.4 is 20.5 Å². The van der Waals surface area contributed by atoms with Crippen molar-refractivity contribution in [2.75, 3.05) is 27.9 Å². The molecular weight excluding hydrogens is 375 g/mol. The SMILES string of the molecule is COCC(N)C(=O)NC(c1cccc(OC)c1)c1cc(F)ccc1OC.Cl. The Balaban J connectivity index is 0.00000364. The molecule has 2 aromatic carbocycles. The highest BCUT2D eigenvalue weighted by atomic mass is 35.5. The summed E-state index contributed by atoms with van der Waals surface area (Å²) >= 11 is 0. The lowest BCUT2D eigenvalue weighted by molar-refractivity contribution is -0.124. The number of hydrogen-bond acceptors (Lipinski definition) is 5. The normalized spacial score (nSPS) is 12.5. The van der Waals surface area contributed by atoms with Crippen molar-refractivity contribution < 1.29 is 23.4 Å². The number of halogens is 2. The van der Waals surface area contributed by atoms with E-state index in [1.807, 2.05) is 0 Å². The maximum Gasteiger partial charge on any atom is 0.240 e. The maximum absolute atomic E-state index is 13.9. The first-order valence-corrected chi connectivity index (χ1v) is 8.02. The Hall–Kier alpha value is -2.35. The van der Waals surface area contributed by atoms with Crippen molar-refractivity contribution in [3.8, 4) is 11.5 Å². The zero-order valence-electron chi connectivity index (χ0n) is 15.4. The second kappa shape index (κ2) is 10.7. The summed E-state index contributed by atoms with van der Waals surface area (Å²) in [5, 5.41) is 2.84. The summed E-state index contributed by atoms with van der Waals surface area (Å²) in [6, 6.07) is 9.74. The van der Waals surface area contributed by atoms with Crippen LogP contribution in [0.3, 0.4) is 0 Å². The van der Waals surface area contributed by atoms with E-state index >= 15 is 0 Å². The van der Waals surface area contributed by atoms with Gasteiger partial charge in [-0.3, -0.25) is 4.79 Å². The third-order valence-corrected chi connectivity index (χ3v) is 3.90. The minimum absolute atomic E-state index is 0. The summed E-state index contributed by atoms with van der Waals surface area (Å²) in [6.45, 7) is 0.0664. The molecule has 0 bridgehead atoms. The van der Waals surface area contributed by atoms with Crippen LogP contribution in [0.2, 0.25) is 0 Å². The second-order valence-electron chi connectivity index (χ2n) is 5.67. The number of carbonyl (C=O) groups is 1. The molecule has 6 nitrogen and oxygen atoms in total. The molecule has 0 aliphatic carbocycles. The molecule has 2 rings (SSSR count). The Morgan fingerprint density at radius 1 is 1.15 bits per heavy atom. The molecule has 2 aromatic rings. The highest BCUT2D eigenvalue weighted by molar-refractivity contribution is 5.85. The molecule has 0 fully saturated rings. The molecule has 1 amide bonds. The van der Waals surface area contributed by atoms with Gasteiger partial charge in [-0.05, 0) is 35.9 Å². The maximum atomic E-state index is 13.9. The van der Waals surface area contributed by atoms with E-state index in [0.717, 1.165) is 0 Å². The number of benzene rings is 2. The molecule has 148 valence electrons. The van der Waals surface area contributed by atoms with Crippen molar-refractivity contribution in [3.05, 3.63) is 59.4 Å². The standard InChI is InChI=1S/C19H23FN2O4.ClH/c1-24-11-16(21)19(23)22-18(12-5-4-6-14(9-12)25-2)15-10-13(20)7-8-17(15)26-3;/h4-10,16,18H,11,21H2,1-3H3,(H,22,23);1H. The van der Waals surface area contributed by atoms with Crippen molar-refractivity contribution >= 4 is 18.3 Å². The molecule has 8 heteroatoms. The number of nitrogens with one attached hydrogen (secondary N) is 1. The van der Waals surface area contributed by atoms with E-state index < -0.39 is 23.8 Å². The van der Waals surface area contributed by atoms with Crippen LogP contribution in [0.25, 0.3) is 0 Å². The zero-order chi connectivity index (χ0) is 19.1. The third-order valence-electron chi connectivity index (χ3n) is 3.90. The molecule has 2 unspecified atom stereocenters. The van der Waals surface area contributed by atoms with E-state index in [-0.39, 0.29) is 19.0 Å². The van der Waals surface area contributed by atoms with Crippen LogP contribution in [0.1, 0.15) is 17.2 Å². The summed E-state index contributed by atoms with van der Waals surface area (Å²) in [5.41, 5.74) is 6.99.